The second-order valence-corrected chi connectivity index (χ2v) is 8.20. The van der Waals surface area contributed by atoms with Gasteiger partial charge in [0.2, 0.25) is 10.0 Å². The average molecular weight is 473 g/mol. The maximum Gasteiger partial charge on any atom is 0.360 e. The molecule has 0 saturated heterocycles. The van der Waals surface area contributed by atoms with Gasteiger partial charge in [0.1, 0.15) is 28.3 Å². The van der Waals surface area contributed by atoms with Crippen molar-refractivity contribution in [1.82, 2.24) is 19.3 Å². The van der Waals surface area contributed by atoms with Crippen LogP contribution in [0.5, 0.6) is 5.75 Å². The van der Waals surface area contributed by atoms with E-state index >= 15 is 0 Å². The number of carbonyl (C=O) groups is 1. The molecular formula is C20H16FN5O6S. The lowest BCUT2D eigenvalue weighted by Gasteiger charge is -2.11. The van der Waals surface area contributed by atoms with Crippen LogP contribution in [0.3, 0.4) is 0 Å². The maximum absolute atomic E-state index is 14.4. The molecule has 4 aromatic rings. The number of sulfonamides is 1. The number of hydrogen-bond acceptors (Lipinski definition) is 8. The van der Waals surface area contributed by atoms with Crippen molar-refractivity contribution in [2.75, 3.05) is 14.2 Å². The number of rotatable bonds is 5. The van der Waals surface area contributed by atoms with E-state index in [9.17, 15) is 22.4 Å². The number of benzene rings is 2. The topological polar surface area (TPSA) is 148 Å². The zero-order chi connectivity index (χ0) is 23.9. The first-order chi connectivity index (χ1) is 15.7. The summed E-state index contributed by atoms with van der Waals surface area (Å²) in [5.74, 6) is -1.44. The van der Waals surface area contributed by atoms with Crippen molar-refractivity contribution in [2.24, 2.45) is 5.14 Å². The lowest BCUT2D eigenvalue weighted by atomic mass is 10.2. The van der Waals surface area contributed by atoms with Gasteiger partial charge < -0.3 is 9.47 Å². The third-order valence-electron chi connectivity index (χ3n) is 4.77. The van der Waals surface area contributed by atoms with E-state index in [-0.39, 0.29) is 22.4 Å². The zero-order valence-electron chi connectivity index (χ0n) is 17.2. The van der Waals surface area contributed by atoms with Crippen molar-refractivity contribution in [1.29, 1.82) is 0 Å². The summed E-state index contributed by atoms with van der Waals surface area (Å²) in [4.78, 5) is 29.0. The predicted molar refractivity (Wildman–Crippen MR) is 114 cm³/mol. The normalized spacial score (nSPS) is 11.5. The second kappa shape index (κ2) is 8.11. The van der Waals surface area contributed by atoms with Crippen LogP contribution < -0.4 is 15.4 Å². The van der Waals surface area contributed by atoms with Gasteiger partial charge in [-0.15, -0.1) is 0 Å². The van der Waals surface area contributed by atoms with Crippen molar-refractivity contribution in [2.45, 2.75) is 4.90 Å². The summed E-state index contributed by atoms with van der Waals surface area (Å²) < 4.78 is 50.2. The highest BCUT2D eigenvalue weighted by Gasteiger charge is 2.26. The first-order valence-electron chi connectivity index (χ1n) is 9.22. The number of esters is 1. The van der Waals surface area contributed by atoms with E-state index in [1.54, 1.807) is 24.3 Å². The molecule has 0 aliphatic rings. The molecule has 2 aromatic heterocycles. The fourth-order valence-corrected chi connectivity index (χ4v) is 4.09. The molecule has 2 heterocycles. The van der Waals surface area contributed by atoms with E-state index in [1.165, 1.54) is 19.2 Å². The predicted octanol–water partition coefficient (Wildman–Crippen LogP) is 1.15. The molecule has 33 heavy (non-hydrogen) atoms. The van der Waals surface area contributed by atoms with Gasteiger partial charge in [0.25, 0.3) is 5.56 Å². The summed E-state index contributed by atoms with van der Waals surface area (Å²) in [6.07, 6.45) is 0.959. The SMILES string of the molecule is COC(=O)c1nn(-c2ccc(OC)cc2)c2c(=O)n(-c3cccc(F)c3S(N)(=O)=O)cnc12. The number of nitrogens with two attached hydrogens (primary N) is 1. The van der Waals surface area contributed by atoms with E-state index in [1.807, 2.05) is 0 Å². The highest BCUT2D eigenvalue weighted by molar-refractivity contribution is 7.89. The minimum absolute atomic E-state index is 0.0903. The highest BCUT2D eigenvalue weighted by atomic mass is 32.2. The van der Waals surface area contributed by atoms with Gasteiger partial charge >= 0.3 is 5.97 Å². The van der Waals surface area contributed by atoms with Gasteiger partial charge in [0.15, 0.2) is 11.2 Å². The number of hydrogen-bond donors (Lipinski definition) is 1. The fraction of sp³-hybridized carbons (Fsp3) is 0.100. The Morgan fingerprint density at radius 3 is 2.42 bits per heavy atom. The first kappa shape index (κ1) is 22.1. The Bertz CT molecular complexity index is 1560. The Hall–Kier alpha value is -4.10. The van der Waals surface area contributed by atoms with Crippen molar-refractivity contribution in [3.63, 3.8) is 0 Å². The van der Waals surface area contributed by atoms with Gasteiger partial charge in [-0.2, -0.15) is 5.10 Å². The molecule has 13 heteroatoms. The number of fused-ring (bicyclic) bond motifs is 1. The van der Waals surface area contributed by atoms with Crippen LogP contribution in [0.2, 0.25) is 0 Å². The van der Waals surface area contributed by atoms with E-state index in [4.69, 9.17) is 14.6 Å². The minimum atomic E-state index is -4.54. The van der Waals surface area contributed by atoms with E-state index in [2.05, 4.69) is 10.1 Å². The standard InChI is InChI=1S/C20H16FN5O6S/c1-31-12-8-6-11(7-9-12)26-17-15(16(24-26)20(28)32-2)23-10-25(19(17)27)14-5-3-4-13(21)18(14)33(22,29)30/h3-10H,1-2H3,(H2,22,29,30). The highest BCUT2D eigenvalue weighted by Crippen LogP contribution is 2.24. The minimum Gasteiger partial charge on any atom is -0.497 e. The molecule has 2 aromatic carbocycles. The second-order valence-electron chi connectivity index (χ2n) is 6.70. The summed E-state index contributed by atoms with van der Waals surface area (Å²) in [6.45, 7) is 0. The van der Waals surface area contributed by atoms with Crippen LogP contribution in [0.4, 0.5) is 4.39 Å². The lowest BCUT2D eigenvalue weighted by Crippen LogP contribution is -2.25. The summed E-state index contributed by atoms with van der Waals surface area (Å²) in [7, 11) is -1.91. The van der Waals surface area contributed by atoms with E-state index in [0.29, 0.717) is 11.4 Å². The smallest absolute Gasteiger partial charge is 0.360 e. The molecule has 4 rings (SSSR count). The number of halogens is 1. The summed E-state index contributed by atoms with van der Waals surface area (Å²) in [6, 6.07) is 9.71. The molecule has 170 valence electrons. The number of primary sulfonamides is 1. The Kier molecular flexibility index (Phi) is 5.43. The van der Waals surface area contributed by atoms with Crippen LogP contribution in [0.1, 0.15) is 10.5 Å². The Morgan fingerprint density at radius 1 is 1.12 bits per heavy atom. The monoisotopic (exact) mass is 473 g/mol. The third kappa shape index (κ3) is 3.72. The van der Waals surface area contributed by atoms with Gasteiger partial charge in [0, 0.05) is 0 Å². The van der Waals surface area contributed by atoms with Crippen LogP contribution in [-0.4, -0.2) is 47.9 Å². The van der Waals surface area contributed by atoms with Crippen LogP contribution in [0.15, 0.2) is 58.5 Å². The molecule has 0 unspecified atom stereocenters. The molecule has 0 amide bonds. The number of carbonyl (C=O) groups excluding carboxylic acids is 1. The van der Waals surface area contributed by atoms with Crippen molar-refractivity contribution in [3.05, 3.63) is 70.7 Å². The Morgan fingerprint density at radius 2 is 1.82 bits per heavy atom. The number of methoxy groups -OCH3 is 2. The number of nitrogens with zero attached hydrogens (tertiary/aromatic N) is 4. The molecule has 2 N–H and O–H groups in total. The molecule has 0 bridgehead atoms. The Labute approximate surface area is 185 Å². The van der Waals surface area contributed by atoms with Crippen molar-refractivity contribution in [3.8, 4) is 17.1 Å². The fourth-order valence-electron chi connectivity index (χ4n) is 3.29. The molecule has 0 saturated carbocycles. The summed E-state index contributed by atoms with van der Waals surface area (Å²) in [5, 5.41) is 9.35. The molecule has 11 nitrogen and oxygen atoms in total. The van der Waals surface area contributed by atoms with E-state index < -0.39 is 32.3 Å². The average Bonchev–Trinajstić information content (AvgIpc) is 3.18. The molecule has 0 fully saturated rings. The van der Waals surface area contributed by atoms with Gasteiger partial charge in [-0.1, -0.05) is 6.07 Å². The maximum atomic E-state index is 14.4. The number of aromatic nitrogens is 4. The molecule has 0 atom stereocenters. The van der Waals surface area contributed by atoms with Crippen LogP contribution >= 0.6 is 0 Å². The van der Waals surface area contributed by atoms with Crippen molar-refractivity contribution < 1.29 is 27.1 Å². The molecule has 0 spiro atoms. The first-order valence-corrected chi connectivity index (χ1v) is 10.8. The lowest BCUT2D eigenvalue weighted by molar-refractivity contribution is 0.0595. The van der Waals surface area contributed by atoms with Gasteiger partial charge in [0.05, 0.1) is 25.6 Å². The van der Waals surface area contributed by atoms with E-state index in [0.717, 1.165) is 28.8 Å². The Balaban J connectivity index is 2.08. The molecular weight excluding hydrogens is 457 g/mol. The van der Waals surface area contributed by atoms with Crippen LogP contribution in [-0.2, 0) is 14.8 Å². The molecule has 0 aliphatic carbocycles. The summed E-state index contributed by atoms with van der Waals surface area (Å²) >= 11 is 0. The van der Waals surface area contributed by atoms with Gasteiger partial charge in [-0.05, 0) is 36.4 Å². The third-order valence-corrected chi connectivity index (χ3v) is 5.74. The van der Waals surface area contributed by atoms with Crippen molar-refractivity contribution >= 4 is 27.0 Å². The zero-order valence-corrected chi connectivity index (χ0v) is 18.0. The molecule has 0 radical (unpaired) electrons. The quantitative estimate of drug-likeness (QED) is 0.425. The number of ether oxygens (including phenoxy) is 2. The largest absolute Gasteiger partial charge is 0.497 e. The van der Waals surface area contributed by atoms with Gasteiger partial charge in [-0.3, -0.25) is 9.36 Å². The van der Waals surface area contributed by atoms with Gasteiger partial charge in [-0.25, -0.2) is 32.4 Å². The summed E-state index contributed by atoms with van der Waals surface area (Å²) in [5.41, 5.74) is -1.30. The van der Waals surface area contributed by atoms with Crippen LogP contribution in [0.25, 0.3) is 22.4 Å². The van der Waals surface area contributed by atoms with Crippen LogP contribution in [0, 0.1) is 5.82 Å². The molecule has 0 aliphatic heterocycles.